The van der Waals surface area contributed by atoms with Gasteiger partial charge in [-0.1, -0.05) is 24.4 Å². The van der Waals surface area contributed by atoms with Gasteiger partial charge in [0.2, 0.25) is 5.91 Å². The fraction of sp³-hybridized carbons (Fsp3) is 0.273. The van der Waals surface area contributed by atoms with Crippen LogP contribution in [0.1, 0.15) is 12.0 Å². The zero-order valence-electron chi connectivity index (χ0n) is 9.03. The molecule has 0 aliphatic heterocycles. The van der Waals surface area contributed by atoms with E-state index < -0.39 is 0 Å². The van der Waals surface area contributed by atoms with Gasteiger partial charge in [-0.2, -0.15) is 0 Å². The molecule has 0 radical (unpaired) electrons. The van der Waals surface area contributed by atoms with Gasteiger partial charge in [-0.15, -0.1) is 0 Å². The van der Waals surface area contributed by atoms with Crippen LogP contribution in [-0.2, 0) is 4.79 Å². The molecule has 0 heterocycles. The molecule has 0 fully saturated rings. The number of amides is 1. The third-order valence-corrected chi connectivity index (χ3v) is 2.23. The minimum atomic E-state index is -0.0505. The zero-order chi connectivity index (χ0) is 12.0. The molecular weight excluding hydrogens is 224 g/mol. The minimum Gasteiger partial charge on any atom is -0.493 e. The van der Waals surface area contributed by atoms with E-state index in [1.807, 2.05) is 12.1 Å². The lowest BCUT2D eigenvalue weighted by molar-refractivity contribution is -0.121. The number of nitrogens with one attached hydrogen (secondary N) is 1. The standard InChI is InChI=1S/C11H14N2O2S/c1-13-10(14)5-6-15-9-4-2-3-8(7-9)11(12)16/h2-4,7H,5-6H2,1H3,(H2,12,16)(H,13,14). The Labute approximate surface area is 99.8 Å². The average Bonchev–Trinajstić information content (AvgIpc) is 2.29. The summed E-state index contributed by atoms with van der Waals surface area (Å²) in [6.07, 6.45) is 0.327. The maximum Gasteiger partial charge on any atom is 0.223 e. The van der Waals surface area contributed by atoms with E-state index in [2.05, 4.69) is 5.32 Å². The summed E-state index contributed by atoms with van der Waals surface area (Å²) in [5.74, 6) is 0.611. The number of rotatable bonds is 5. The quantitative estimate of drug-likeness (QED) is 0.746. The van der Waals surface area contributed by atoms with Crippen LogP contribution in [0.4, 0.5) is 0 Å². The highest BCUT2D eigenvalue weighted by Crippen LogP contribution is 2.13. The molecular formula is C11H14N2O2S. The molecule has 1 aromatic rings. The smallest absolute Gasteiger partial charge is 0.223 e. The van der Waals surface area contributed by atoms with Crippen LogP contribution in [0, 0.1) is 0 Å². The monoisotopic (exact) mass is 238 g/mol. The SMILES string of the molecule is CNC(=O)CCOc1cccc(C(N)=S)c1. The van der Waals surface area contributed by atoms with Crippen LogP contribution in [0.5, 0.6) is 5.75 Å². The molecule has 4 nitrogen and oxygen atoms in total. The molecule has 0 saturated carbocycles. The summed E-state index contributed by atoms with van der Waals surface area (Å²) in [5, 5.41) is 2.52. The molecule has 0 unspecified atom stereocenters. The first kappa shape index (κ1) is 12.4. The van der Waals surface area contributed by atoms with E-state index >= 15 is 0 Å². The highest BCUT2D eigenvalue weighted by Gasteiger charge is 2.01. The van der Waals surface area contributed by atoms with Crippen molar-refractivity contribution in [3.8, 4) is 5.75 Å². The molecule has 1 amide bonds. The second kappa shape index (κ2) is 6.07. The minimum absolute atomic E-state index is 0.0505. The summed E-state index contributed by atoms with van der Waals surface area (Å²) >= 11 is 4.85. The molecule has 0 spiro atoms. The van der Waals surface area contributed by atoms with Crippen LogP contribution in [-0.4, -0.2) is 24.6 Å². The first-order chi connectivity index (χ1) is 7.63. The van der Waals surface area contributed by atoms with E-state index in [-0.39, 0.29) is 5.91 Å². The second-order valence-electron chi connectivity index (χ2n) is 3.16. The van der Waals surface area contributed by atoms with Gasteiger partial charge in [0.25, 0.3) is 0 Å². The van der Waals surface area contributed by atoms with Crippen LogP contribution >= 0.6 is 12.2 Å². The largest absolute Gasteiger partial charge is 0.493 e. The first-order valence-electron chi connectivity index (χ1n) is 4.86. The summed E-state index contributed by atoms with van der Waals surface area (Å²) in [6, 6.07) is 7.18. The average molecular weight is 238 g/mol. The van der Waals surface area contributed by atoms with Crippen molar-refractivity contribution in [3.05, 3.63) is 29.8 Å². The molecule has 0 aromatic heterocycles. The van der Waals surface area contributed by atoms with Gasteiger partial charge in [-0.05, 0) is 12.1 Å². The van der Waals surface area contributed by atoms with Crippen molar-refractivity contribution < 1.29 is 9.53 Å². The van der Waals surface area contributed by atoms with Crippen molar-refractivity contribution in [2.75, 3.05) is 13.7 Å². The predicted molar refractivity (Wildman–Crippen MR) is 66.5 cm³/mol. The number of nitrogens with two attached hydrogens (primary N) is 1. The third kappa shape index (κ3) is 3.86. The topological polar surface area (TPSA) is 64.3 Å². The molecule has 0 aliphatic carbocycles. The Hall–Kier alpha value is -1.62. The molecule has 16 heavy (non-hydrogen) atoms. The van der Waals surface area contributed by atoms with Crippen molar-refractivity contribution in [1.29, 1.82) is 0 Å². The predicted octanol–water partition coefficient (Wildman–Crippen LogP) is 0.836. The number of benzene rings is 1. The van der Waals surface area contributed by atoms with Crippen LogP contribution in [0.2, 0.25) is 0 Å². The molecule has 1 aromatic carbocycles. The normalized spacial score (nSPS) is 9.56. The Balaban J connectivity index is 2.51. The van der Waals surface area contributed by atoms with Crippen molar-refractivity contribution in [1.82, 2.24) is 5.32 Å². The van der Waals surface area contributed by atoms with E-state index in [1.54, 1.807) is 19.2 Å². The Kier molecular flexibility index (Phi) is 4.72. The lowest BCUT2D eigenvalue weighted by Crippen LogP contribution is -2.20. The summed E-state index contributed by atoms with van der Waals surface area (Å²) in [6.45, 7) is 0.334. The van der Waals surface area contributed by atoms with Gasteiger partial charge in [-0.25, -0.2) is 0 Å². The van der Waals surface area contributed by atoms with Crippen molar-refractivity contribution in [2.45, 2.75) is 6.42 Å². The Morgan fingerprint density at radius 2 is 2.31 bits per heavy atom. The molecule has 1 rings (SSSR count). The Morgan fingerprint density at radius 1 is 1.56 bits per heavy atom. The fourth-order valence-electron chi connectivity index (χ4n) is 1.13. The fourth-order valence-corrected chi connectivity index (χ4v) is 1.25. The van der Waals surface area contributed by atoms with Crippen LogP contribution < -0.4 is 15.8 Å². The maximum atomic E-state index is 10.9. The molecule has 5 heteroatoms. The van der Waals surface area contributed by atoms with Gasteiger partial charge >= 0.3 is 0 Å². The lowest BCUT2D eigenvalue weighted by atomic mass is 10.2. The van der Waals surface area contributed by atoms with Crippen LogP contribution in [0.25, 0.3) is 0 Å². The van der Waals surface area contributed by atoms with E-state index in [1.165, 1.54) is 0 Å². The second-order valence-corrected chi connectivity index (χ2v) is 3.60. The molecule has 0 aliphatic rings. The van der Waals surface area contributed by atoms with E-state index in [9.17, 15) is 4.79 Å². The van der Waals surface area contributed by atoms with Crippen molar-refractivity contribution in [2.24, 2.45) is 5.73 Å². The van der Waals surface area contributed by atoms with Gasteiger partial charge < -0.3 is 15.8 Å². The van der Waals surface area contributed by atoms with Gasteiger partial charge in [0, 0.05) is 12.6 Å². The van der Waals surface area contributed by atoms with Gasteiger partial charge in [-0.3, -0.25) is 4.79 Å². The van der Waals surface area contributed by atoms with Crippen LogP contribution in [0.15, 0.2) is 24.3 Å². The summed E-state index contributed by atoms with van der Waals surface area (Å²) in [7, 11) is 1.59. The number of carbonyl (C=O) groups excluding carboxylic acids is 1. The number of hydrogen-bond donors (Lipinski definition) is 2. The molecule has 86 valence electrons. The summed E-state index contributed by atoms with van der Waals surface area (Å²) in [5.41, 5.74) is 6.25. The van der Waals surface area contributed by atoms with E-state index in [0.717, 1.165) is 5.56 Å². The molecule has 3 N–H and O–H groups in total. The number of carbonyl (C=O) groups is 1. The molecule has 0 bridgehead atoms. The Morgan fingerprint density at radius 3 is 2.94 bits per heavy atom. The van der Waals surface area contributed by atoms with Gasteiger partial charge in [0.15, 0.2) is 0 Å². The maximum absolute atomic E-state index is 10.9. The highest BCUT2D eigenvalue weighted by atomic mass is 32.1. The Bertz CT molecular complexity index is 393. The van der Waals surface area contributed by atoms with Crippen molar-refractivity contribution >= 4 is 23.1 Å². The highest BCUT2D eigenvalue weighted by molar-refractivity contribution is 7.80. The van der Waals surface area contributed by atoms with Crippen LogP contribution in [0.3, 0.4) is 0 Å². The third-order valence-electron chi connectivity index (χ3n) is 2.00. The number of ether oxygens (including phenoxy) is 1. The van der Waals surface area contributed by atoms with Gasteiger partial charge in [0.1, 0.15) is 10.7 Å². The van der Waals surface area contributed by atoms with E-state index in [4.69, 9.17) is 22.7 Å². The van der Waals surface area contributed by atoms with Crippen molar-refractivity contribution in [3.63, 3.8) is 0 Å². The first-order valence-corrected chi connectivity index (χ1v) is 5.27. The van der Waals surface area contributed by atoms with Gasteiger partial charge in [0.05, 0.1) is 13.0 Å². The number of thiocarbonyl (C=S) groups is 1. The zero-order valence-corrected chi connectivity index (χ0v) is 9.84. The molecule has 0 saturated heterocycles. The number of hydrogen-bond acceptors (Lipinski definition) is 3. The van der Waals surface area contributed by atoms with E-state index in [0.29, 0.717) is 23.8 Å². The summed E-state index contributed by atoms with van der Waals surface area (Å²) < 4.78 is 5.39. The molecule has 0 atom stereocenters. The summed E-state index contributed by atoms with van der Waals surface area (Å²) in [4.78, 5) is 11.3. The lowest BCUT2D eigenvalue weighted by Gasteiger charge is -2.06.